The standard InChI is InChI=1S/C17H22N2Si/c1-5-14-6-8-15(9-7-14)18-19-16-10-12-17(13-11-16)20(2,3)4/h6-13H,5H2,1-4H3. The van der Waals surface area contributed by atoms with Crippen molar-refractivity contribution in [3.05, 3.63) is 54.1 Å². The Labute approximate surface area is 122 Å². The molecule has 0 amide bonds. The number of hydrogen-bond acceptors (Lipinski definition) is 2. The summed E-state index contributed by atoms with van der Waals surface area (Å²) in [5.41, 5.74) is 3.13. The van der Waals surface area contributed by atoms with Crippen molar-refractivity contribution in [2.75, 3.05) is 0 Å². The molecule has 0 aliphatic rings. The molecular weight excluding hydrogens is 260 g/mol. The summed E-state index contributed by atoms with van der Waals surface area (Å²) in [7, 11) is -1.23. The first-order valence-corrected chi connectivity index (χ1v) is 10.6. The van der Waals surface area contributed by atoms with Gasteiger partial charge in [-0.3, -0.25) is 0 Å². The summed E-state index contributed by atoms with van der Waals surface area (Å²) in [5.74, 6) is 0. The van der Waals surface area contributed by atoms with Gasteiger partial charge in [0.25, 0.3) is 0 Å². The van der Waals surface area contributed by atoms with Crippen molar-refractivity contribution in [1.82, 2.24) is 0 Å². The molecule has 0 heterocycles. The fourth-order valence-electron chi connectivity index (χ4n) is 1.94. The molecule has 0 spiro atoms. The van der Waals surface area contributed by atoms with Crippen LogP contribution in [0.5, 0.6) is 0 Å². The molecule has 0 unspecified atom stereocenters. The summed E-state index contributed by atoms with van der Waals surface area (Å²) in [6.45, 7) is 9.19. The van der Waals surface area contributed by atoms with Crippen LogP contribution >= 0.6 is 0 Å². The molecule has 0 N–H and O–H groups in total. The first-order chi connectivity index (χ1) is 9.49. The predicted octanol–water partition coefficient (Wildman–Crippen LogP) is 5.21. The van der Waals surface area contributed by atoms with E-state index in [2.05, 4.69) is 73.2 Å². The van der Waals surface area contributed by atoms with E-state index >= 15 is 0 Å². The minimum atomic E-state index is -1.23. The number of aryl methyl sites for hydroxylation is 1. The van der Waals surface area contributed by atoms with E-state index in [0.717, 1.165) is 17.8 Å². The van der Waals surface area contributed by atoms with Crippen LogP contribution in [0.2, 0.25) is 19.6 Å². The van der Waals surface area contributed by atoms with Gasteiger partial charge in [0.2, 0.25) is 0 Å². The first kappa shape index (κ1) is 14.7. The van der Waals surface area contributed by atoms with Crippen molar-refractivity contribution in [2.24, 2.45) is 10.2 Å². The SMILES string of the molecule is CCc1ccc(N=Nc2ccc([Si](C)(C)C)cc2)cc1. The van der Waals surface area contributed by atoms with Gasteiger partial charge in [-0.1, -0.05) is 56.0 Å². The second kappa shape index (κ2) is 6.14. The number of nitrogens with zero attached hydrogens (tertiary/aromatic N) is 2. The number of hydrogen-bond donors (Lipinski definition) is 0. The van der Waals surface area contributed by atoms with Gasteiger partial charge < -0.3 is 0 Å². The van der Waals surface area contributed by atoms with Crippen molar-refractivity contribution in [1.29, 1.82) is 0 Å². The minimum absolute atomic E-state index is 0.900. The lowest BCUT2D eigenvalue weighted by molar-refractivity contribution is 1.13. The van der Waals surface area contributed by atoms with Crippen LogP contribution < -0.4 is 5.19 Å². The molecule has 0 radical (unpaired) electrons. The first-order valence-electron chi connectivity index (χ1n) is 7.10. The van der Waals surface area contributed by atoms with E-state index in [1.165, 1.54) is 10.8 Å². The van der Waals surface area contributed by atoms with Crippen molar-refractivity contribution in [2.45, 2.75) is 33.0 Å². The van der Waals surface area contributed by atoms with E-state index in [4.69, 9.17) is 0 Å². The third kappa shape index (κ3) is 3.87. The average molecular weight is 282 g/mol. The molecule has 0 aliphatic heterocycles. The molecule has 0 aromatic heterocycles. The maximum Gasteiger partial charge on any atom is 0.0857 e. The number of benzene rings is 2. The Bertz CT molecular complexity index is 578. The lowest BCUT2D eigenvalue weighted by atomic mass is 10.2. The molecule has 0 bridgehead atoms. The third-order valence-electron chi connectivity index (χ3n) is 3.36. The second-order valence-electron chi connectivity index (χ2n) is 6.02. The molecule has 2 rings (SSSR count). The van der Waals surface area contributed by atoms with Crippen LogP contribution in [0.15, 0.2) is 58.8 Å². The summed E-state index contributed by atoms with van der Waals surface area (Å²) in [5, 5.41) is 10.0. The second-order valence-corrected chi connectivity index (χ2v) is 11.1. The van der Waals surface area contributed by atoms with Crippen LogP contribution in [0, 0.1) is 0 Å². The van der Waals surface area contributed by atoms with Gasteiger partial charge in [0.1, 0.15) is 0 Å². The molecule has 2 aromatic carbocycles. The highest BCUT2D eigenvalue weighted by atomic mass is 28.3. The van der Waals surface area contributed by atoms with Crippen LogP contribution in [-0.2, 0) is 6.42 Å². The predicted molar refractivity (Wildman–Crippen MR) is 89.4 cm³/mol. The van der Waals surface area contributed by atoms with Gasteiger partial charge in [0.15, 0.2) is 0 Å². The van der Waals surface area contributed by atoms with Gasteiger partial charge in [0, 0.05) is 0 Å². The maximum absolute atomic E-state index is 4.30. The zero-order valence-electron chi connectivity index (χ0n) is 12.7. The Morgan fingerprint density at radius 2 is 1.20 bits per heavy atom. The minimum Gasteiger partial charge on any atom is -0.151 e. The van der Waals surface area contributed by atoms with E-state index in [1.54, 1.807) is 0 Å². The van der Waals surface area contributed by atoms with E-state index in [9.17, 15) is 0 Å². The zero-order valence-corrected chi connectivity index (χ0v) is 13.7. The van der Waals surface area contributed by atoms with Crippen LogP contribution in [0.3, 0.4) is 0 Å². The summed E-state index contributed by atoms with van der Waals surface area (Å²) < 4.78 is 0. The Hall–Kier alpha value is -1.74. The van der Waals surface area contributed by atoms with Gasteiger partial charge in [-0.15, -0.1) is 0 Å². The lowest BCUT2D eigenvalue weighted by Crippen LogP contribution is -2.37. The smallest absolute Gasteiger partial charge is 0.0857 e. The van der Waals surface area contributed by atoms with Crippen LogP contribution in [0.4, 0.5) is 11.4 Å². The molecule has 3 heteroatoms. The van der Waals surface area contributed by atoms with Crippen molar-refractivity contribution in [3.63, 3.8) is 0 Å². The average Bonchev–Trinajstić information content (AvgIpc) is 2.45. The molecule has 104 valence electrons. The Morgan fingerprint density at radius 3 is 1.60 bits per heavy atom. The van der Waals surface area contributed by atoms with E-state index in [1.807, 2.05) is 12.1 Å². The molecule has 2 nitrogen and oxygen atoms in total. The largest absolute Gasteiger partial charge is 0.151 e. The van der Waals surface area contributed by atoms with Gasteiger partial charge in [-0.05, 0) is 36.2 Å². The van der Waals surface area contributed by atoms with Gasteiger partial charge in [-0.25, -0.2) is 0 Å². The normalized spacial score (nSPS) is 12.0. The molecule has 0 aliphatic carbocycles. The summed E-state index contributed by atoms with van der Waals surface area (Å²) in [6.07, 6.45) is 1.05. The topological polar surface area (TPSA) is 24.7 Å². The van der Waals surface area contributed by atoms with Crippen molar-refractivity contribution in [3.8, 4) is 0 Å². The summed E-state index contributed by atoms with van der Waals surface area (Å²) in [6, 6.07) is 16.7. The monoisotopic (exact) mass is 282 g/mol. The highest BCUT2D eigenvalue weighted by molar-refractivity contribution is 6.88. The molecule has 20 heavy (non-hydrogen) atoms. The quantitative estimate of drug-likeness (QED) is 0.543. The van der Waals surface area contributed by atoms with E-state index < -0.39 is 8.07 Å². The van der Waals surface area contributed by atoms with Crippen molar-refractivity contribution < 1.29 is 0 Å². The highest BCUT2D eigenvalue weighted by Crippen LogP contribution is 2.18. The molecule has 0 saturated carbocycles. The van der Waals surface area contributed by atoms with Gasteiger partial charge in [0.05, 0.1) is 19.4 Å². The Morgan fingerprint density at radius 1 is 0.750 bits per heavy atom. The molecular formula is C17H22N2Si. The third-order valence-corrected chi connectivity index (χ3v) is 5.42. The van der Waals surface area contributed by atoms with Gasteiger partial charge in [-0.2, -0.15) is 10.2 Å². The maximum atomic E-state index is 4.30. The fraction of sp³-hybridized carbons (Fsp3) is 0.294. The van der Waals surface area contributed by atoms with Gasteiger partial charge >= 0.3 is 0 Å². The van der Waals surface area contributed by atoms with Crippen molar-refractivity contribution >= 4 is 24.6 Å². The van der Waals surface area contributed by atoms with Crippen LogP contribution in [-0.4, -0.2) is 8.07 Å². The Kier molecular flexibility index (Phi) is 4.50. The molecule has 0 fully saturated rings. The number of azo groups is 1. The van der Waals surface area contributed by atoms with Crippen LogP contribution in [0.25, 0.3) is 0 Å². The lowest BCUT2D eigenvalue weighted by Gasteiger charge is -2.15. The van der Waals surface area contributed by atoms with E-state index in [-0.39, 0.29) is 0 Å². The molecule has 0 saturated heterocycles. The fourth-order valence-corrected chi connectivity index (χ4v) is 3.11. The Balaban J connectivity index is 2.10. The van der Waals surface area contributed by atoms with Crippen LogP contribution in [0.1, 0.15) is 12.5 Å². The van der Waals surface area contributed by atoms with E-state index in [0.29, 0.717) is 0 Å². The highest BCUT2D eigenvalue weighted by Gasteiger charge is 2.15. The summed E-state index contributed by atoms with van der Waals surface area (Å²) >= 11 is 0. The zero-order chi connectivity index (χ0) is 14.6. The molecule has 0 atom stereocenters. The summed E-state index contributed by atoms with van der Waals surface area (Å²) in [4.78, 5) is 0. The molecule has 2 aromatic rings. The number of rotatable bonds is 4.